The minimum atomic E-state index is -0.590. The smallest absolute Gasteiger partial charge is 0.412 e. The highest BCUT2D eigenvalue weighted by Crippen LogP contribution is 2.20. The molecule has 102 valence electrons. The molecule has 0 bridgehead atoms. The van der Waals surface area contributed by atoms with E-state index in [9.17, 15) is 9.59 Å². The Morgan fingerprint density at radius 2 is 2.26 bits per heavy atom. The molecule has 1 rings (SSSR count). The van der Waals surface area contributed by atoms with Crippen LogP contribution >= 0.6 is 11.8 Å². The normalized spacial score (nSPS) is 9.53. The van der Waals surface area contributed by atoms with Crippen LogP contribution in [0.1, 0.15) is 0 Å². The van der Waals surface area contributed by atoms with Gasteiger partial charge in [-0.1, -0.05) is 12.6 Å². The fraction of sp³-hybridized carbons (Fsp3) is 0.231. The zero-order valence-electron chi connectivity index (χ0n) is 10.5. The first-order valence-electron chi connectivity index (χ1n) is 5.54. The second kappa shape index (κ2) is 8.20. The molecule has 0 aliphatic carbocycles. The molecule has 5 nitrogen and oxygen atoms in total. The number of rotatable bonds is 6. The second-order valence-electron chi connectivity index (χ2n) is 3.37. The van der Waals surface area contributed by atoms with E-state index in [1.807, 2.05) is 12.3 Å². The fourth-order valence-corrected chi connectivity index (χ4v) is 1.62. The summed E-state index contributed by atoms with van der Waals surface area (Å²) in [6, 6.07) is 7.18. The number of hydrogen-bond donors (Lipinski definition) is 1. The molecule has 1 amide bonds. The lowest BCUT2D eigenvalue weighted by Gasteiger charge is -2.07. The summed E-state index contributed by atoms with van der Waals surface area (Å²) >= 11 is 1.56. The zero-order chi connectivity index (χ0) is 14.1. The molecule has 0 unspecified atom stereocenters. The molecule has 6 heteroatoms. The van der Waals surface area contributed by atoms with Gasteiger partial charge in [-0.05, 0) is 24.5 Å². The number of hydrogen-bond acceptors (Lipinski definition) is 5. The van der Waals surface area contributed by atoms with Crippen LogP contribution in [0.4, 0.5) is 4.79 Å². The summed E-state index contributed by atoms with van der Waals surface area (Å²) in [5, 5.41) is 2.47. The van der Waals surface area contributed by atoms with Crippen molar-refractivity contribution in [3.63, 3.8) is 0 Å². The maximum atomic E-state index is 11.4. The molecule has 0 saturated carbocycles. The summed E-state index contributed by atoms with van der Waals surface area (Å²) in [5.41, 5.74) is 0. The van der Waals surface area contributed by atoms with Crippen molar-refractivity contribution in [2.45, 2.75) is 4.90 Å². The second-order valence-corrected chi connectivity index (χ2v) is 4.25. The van der Waals surface area contributed by atoms with E-state index >= 15 is 0 Å². The van der Waals surface area contributed by atoms with E-state index in [0.29, 0.717) is 5.75 Å². The van der Waals surface area contributed by atoms with Crippen molar-refractivity contribution in [2.24, 2.45) is 0 Å². The Labute approximate surface area is 116 Å². The van der Waals surface area contributed by atoms with Crippen molar-refractivity contribution in [3.8, 4) is 5.75 Å². The first-order chi connectivity index (χ1) is 9.15. The molecular formula is C13H15NO4S. The van der Waals surface area contributed by atoms with E-state index < -0.39 is 12.1 Å². The van der Waals surface area contributed by atoms with Gasteiger partial charge in [0.05, 0.1) is 6.54 Å². The Morgan fingerprint density at radius 3 is 2.95 bits per heavy atom. The maximum absolute atomic E-state index is 11.4. The van der Waals surface area contributed by atoms with Crippen LogP contribution in [0.3, 0.4) is 0 Å². The number of amides is 1. The first kappa shape index (κ1) is 15.1. The Morgan fingerprint density at radius 1 is 1.47 bits per heavy atom. The van der Waals surface area contributed by atoms with E-state index in [-0.39, 0.29) is 13.2 Å². The van der Waals surface area contributed by atoms with Gasteiger partial charge in [0.2, 0.25) is 0 Å². The zero-order valence-corrected chi connectivity index (χ0v) is 11.4. The summed E-state index contributed by atoms with van der Waals surface area (Å²) in [6.07, 6.45) is 2.41. The number of carbonyl (C=O) groups excluding carboxylic acids is 2. The summed E-state index contributed by atoms with van der Waals surface area (Å²) in [4.78, 5) is 23.2. The average molecular weight is 281 g/mol. The largest absolute Gasteiger partial charge is 0.461 e. The van der Waals surface area contributed by atoms with Gasteiger partial charge >= 0.3 is 12.1 Å². The molecule has 0 fully saturated rings. The quantitative estimate of drug-likeness (QED) is 0.375. The molecule has 0 saturated heterocycles. The van der Waals surface area contributed by atoms with Crippen molar-refractivity contribution >= 4 is 23.8 Å². The van der Waals surface area contributed by atoms with Crippen LogP contribution in [0.2, 0.25) is 0 Å². The van der Waals surface area contributed by atoms with Gasteiger partial charge in [-0.25, -0.2) is 9.59 Å². The number of carbonyl (C=O) groups is 2. The Hall–Kier alpha value is -1.95. The Kier molecular flexibility index (Phi) is 6.52. The summed E-state index contributed by atoms with van der Waals surface area (Å²) in [7, 11) is 0. The van der Waals surface area contributed by atoms with Gasteiger partial charge in [0.15, 0.2) is 0 Å². The molecule has 19 heavy (non-hydrogen) atoms. The van der Waals surface area contributed by atoms with Gasteiger partial charge in [0.1, 0.15) is 12.4 Å². The van der Waals surface area contributed by atoms with Gasteiger partial charge in [0, 0.05) is 11.0 Å². The first-order valence-corrected chi connectivity index (χ1v) is 6.77. The highest BCUT2D eigenvalue weighted by molar-refractivity contribution is 7.98. The summed E-state index contributed by atoms with van der Waals surface area (Å²) < 4.78 is 9.76. The summed E-state index contributed by atoms with van der Waals surface area (Å²) in [5.74, 6) is -0.0599. The number of thioether (sulfide) groups is 1. The maximum Gasteiger partial charge on any atom is 0.412 e. The molecule has 0 aliphatic rings. The van der Waals surface area contributed by atoms with Gasteiger partial charge in [-0.15, -0.1) is 11.8 Å². The minimum absolute atomic E-state index is 0.0742. The van der Waals surface area contributed by atoms with Crippen LogP contribution in [0, 0.1) is 0 Å². The van der Waals surface area contributed by atoms with Crippen molar-refractivity contribution in [3.05, 3.63) is 36.9 Å². The van der Waals surface area contributed by atoms with Crippen molar-refractivity contribution in [1.82, 2.24) is 5.32 Å². The van der Waals surface area contributed by atoms with E-state index in [0.717, 1.165) is 11.0 Å². The van der Waals surface area contributed by atoms with Gasteiger partial charge < -0.3 is 14.8 Å². The van der Waals surface area contributed by atoms with Crippen molar-refractivity contribution in [2.75, 3.05) is 19.4 Å². The molecule has 0 heterocycles. The van der Waals surface area contributed by atoms with Crippen LogP contribution in [0.25, 0.3) is 0 Å². The number of nitrogens with one attached hydrogen (secondary N) is 1. The lowest BCUT2D eigenvalue weighted by molar-refractivity contribution is -0.137. The molecular weight excluding hydrogens is 266 g/mol. The standard InChI is InChI=1S/C13H15NO4S/c1-3-12(15)17-8-7-14-13(16)18-10-5-4-6-11(9-10)19-2/h3-6,9H,1,7-8H2,2H3,(H,14,16). The lowest BCUT2D eigenvalue weighted by atomic mass is 10.3. The predicted molar refractivity (Wildman–Crippen MR) is 73.4 cm³/mol. The van der Waals surface area contributed by atoms with E-state index in [1.54, 1.807) is 30.0 Å². The molecule has 1 aromatic rings. The highest BCUT2D eigenvalue weighted by atomic mass is 32.2. The molecule has 1 aromatic carbocycles. The van der Waals surface area contributed by atoms with Crippen molar-refractivity contribution in [1.29, 1.82) is 0 Å². The highest BCUT2D eigenvalue weighted by Gasteiger charge is 2.04. The third-order valence-corrected chi connectivity index (χ3v) is 2.76. The number of esters is 1. The Balaban J connectivity index is 2.30. The summed E-state index contributed by atoms with van der Waals surface area (Å²) in [6.45, 7) is 3.51. The lowest BCUT2D eigenvalue weighted by Crippen LogP contribution is -2.30. The monoisotopic (exact) mass is 281 g/mol. The SMILES string of the molecule is C=CC(=O)OCCNC(=O)Oc1cccc(SC)c1. The van der Waals surface area contributed by atoms with Crippen LogP contribution in [-0.4, -0.2) is 31.5 Å². The Bertz CT molecular complexity index is 462. The minimum Gasteiger partial charge on any atom is -0.461 e. The third-order valence-electron chi connectivity index (χ3n) is 2.03. The molecule has 0 radical (unpaired) electrons. The molecule has 0 aliphatic heterocycles. The van der Waals surface area contributed by atoms with E-state index in [2.05, 4.69) is 11.9 Å². The predicted octanol–water partition coefficient (Wildman–Crippen LogP) is 2.23. The van der Waals surface area contributed by atoms with Gasteiger partial charge in [0.25, 0.3) is 0 Å². The van der Waals surface area contributed by atoms with E-state index in [1.165, 1.54) is 0 Å². The average Bonchev–Trinajstić information content (AvgIpc) is 2.43. The van der Waals surface area contributed by atoms with Crippen LogP contribution < -0.4 is 10.1 Å². The van der Waals surface area contributed by atoms with Crippen LogP contribution in [0.15, 0.2) is 41.8 Å². The van der Waals surface area contributed by atoms with Gasteiger partial charge in [-0.2, -0.15) is 0 Å². The number of benzene rings is 1. The molecule has 1 N–H and O–H groups in total. The number of ether oxygens (including phenoxy) is 2. The van der Waals surface area contributed by atoms with Crippen LogP contribution in [0.5, 0.6) is 5.75 Å². The van der Waals surface area contributed by atoms with Gasteiger partial charge in [-0.3, -0.25) is 0 Å². The topological polar surface area (TPSA) is 64.6 Å². The molecule has 0 atom stereocenters. The fourth-order valence-electron chi connectivity index (χ4n) is 1.17. The third kappa shape index (κ3) is 5.96. The van der Waals surface area contributed by atoms with Crippen molar-refractivity contribution < 1.29 is 19.1 Å². The van der Waals surface area contributed by atoms with E-state index in [4.69, 9.17) is 9.47 Å². The van der Waals surface area contributed by atoms with Crippen LogP contribution in [-0.2, 0) is 9.53 Å². The molecule has 0 aromatic heterocycles. The molecule has 0 spiro atoms.